The van der Waals surface area contributed by atoms with Crippen LogP contribution in [0.3, 0.4) is 0 Å². The monoisotopic (exact) mass is 488 g/mol. The van der Waals surface area contributed by atoms with Crippen LogP contribution in [0.5, 0.6) is 0 Å². The van der Waals surface area contributed by atoms with Gasteiger partial charge in [0.2, 0.25) is 0 Å². The van der Waals surface area contributed by atoms with Crippen LogP contribution in [0.2, 0.25) is 5.02 Å². The third-order valence-corrected chi connectivity index (χ3v) is 7.97. The van der Waals surface area contributed by atoms with Crippen molar-refractivity contribution in [3.05, 3.63) is 94.5 Å². The van der Waals surface area contributed by atoms with Crippen LogP contribution in [-0.2, 0) is 15.8 Å². The molecule has 5 nitrogen and oxygen atoms in total. The predicted octanol–water partition coefficient (Wildman–Crippen LogP) is 5.14. The molecule has 0 radical (unpaired) electrons. The van der Waals surface area contributed by atoms with Crippen LogP contribution in [0.4, 0.5) is 5.69 Å². The number of nitrogens with one attached hydrogen (secondary N) is 1. The van der Waals surface area contributed by atoms with Crippen molar-refractivity contribution in [3.63, 3.8) is 0 Å². The molecule has 168 valence electrons. The lowest BCUT2D eigenvalue weighted by Gasteiger charge is -2.20. The van der Waals surface area contributed by atoms with Crippen LogP contribution >= 0.6 is 23.4 Å². The Labute approximate surface area is 198 Å². The van der Waals surface area contributed by atoms with E-state index in [-0.39, 0.29) is 10.8 Å². The SMILES string of the molecule is Cc1ccc(S(=O)(=O)N(C)c2ccc(C(=O)NCCSCc3ccc(Cl)cc3)cc2)cc1. The molecule has 3 rings (SSSR count). The first-order valence-electron chi connectivity index (χ1n) is 10.0. The van der Waals surface area contributed by atoms with Gasteiger partial charge in [0.25, 0.3) is 15.9 Å². The Balaban J connectivity index is 1.51. The maximum atomic E-state index is 12.8. The minimum atomic E-state index is -3.67. The number of carbonyl (C=O) groups excluding carboxylic acids is 1. The van der Waals surface area contributed by atoms with Crippen molar-refractivity contribution in [2.24, 2.45) is 0 Å². The molecule has 0 aliphatic rings. The Kier molecular flexibility index (Phi) is 8.23. The lowest BCUT2D eigenvalue weighted by Crippen LogP contribution is -2.27. The fraction of sp³-hybridized carbons (Fsp3) is 0.208. The van der Waals surface area contributed by atoms with Gasteiger partial charge in [-0.15, -0.1) is 0 Å². The summed E-state index contributed by atoms with van der Waals surface area (Å²) in [7, 11) is -2.16. The number of amides is 1. The van der Waals surface area contributed by atoms with E-state index in [2.05, 4.69) is 5.32 Å². The molecule has 0 aliphatic heterocycles. The van der Waals surface area contributed by atoms with Crippen molar-refractivity contribution in [1.29, 1.82) is 0 Å². The Hall–Kier alpha value is -2.48. The van der Waals surface area contributed by atoms with E-state index in [1.165, 1.54) is 16.9 Å². The predicted molar refractivity (Wildman–Crippen MR) is 133 cm³/mol. The first kappa shape index (κ1) is 24.2. The molecule has 8 heteroatoms. The maximum Gasteiger partial charge on any atom is 0.264 e. The van der Waals surface area contributed by atoms with Gasteiger partial charge in [-0.25, -0.2) is 8.42 Å². The average Bonchev–Trinajstić information content (AvgIpc) is 2.80. The second kappa shape index (κ2) is 10.9. The summed E-state index contributed by atoms with van der Waals surface area (Å²) in [6, 6.07) is 21.0. The van der Waals surface area contributed by atoms with Crippen LogP contribution in [0.1, 0.15) is 21.5 Å². The van der Waals surface area contributed by atoms with Gasteiger partial charge in [0.1, 0.15) is 0 Å². The van der Waals surface area contributed by atoms with Crippen molar-refractivity contribution >= 4 is 45.0 Å². The van der Waals surface area contributed by atoms with Crippen LogP contribution in [-0.4, -0.2) is 33.7 Å². The number of aryl methyl sites for hydroxylation is 1. The number of rotatable bonds is 9. The average molecular weight is 489 g/mol. The van der Waals surface area contributed by atoms with E-state index in [1.54, 1.807) is 60.3 Å². The Morgan fingerprint density at radius 2 is 1.59 bits per heavy atom. The van der Waals surface area contributed by atoms with E-state index in [4.69, 9.17) is 11.6 Å². The lowest BCUT2D eigenvalue weighted by molar-refractivity contribution is 0.0956. The molecule has 3 aromatic carbocycles. The van der Waals surface area contributed by atoms with Crippen molar-refractivity contribution < 1.29 is 13.2 Å². The number of nitrogens with zero attached hydrogens (tertiary/aromatic N) is 1. The third kappa shape index (κ3) is 6.28. The molecular weight excluding hydrogens is 464 g/mol. The fourth-order valence-corrected chi connectivity index (χ4v) is 5.08. The van der Waals surface area contributed by atoms with Gasteiger partial charge < -0.3 is 5.32 Å². The number of thioether (sulfide) groups is 1. The van der Waals surface area contributed by atoms with E-state index in [0.29, 0.717) is 17.8 Å². The Bertz CT molecular complexity index is 1150. The van der Waals surface area contributed by atoms with Gasteiger partial charge in [-0.1, -0.05) is 41.4 Å². The van der Waals surface area contributed by atoms with Crippen LogP contribution in [0.25, 0.3) is 0 Å². The quantitative estimate of drug-likeness (QED) is 0.424. The van der Waals surface area contributed by atoms with Gasteiger partial charge in [-0.3, -0.25) is 9.10 Å². The van der Waals surface area contributed by atoms with Crippen LogP contribution in [0, 0.1) is 6.92 Å². The molecule has 0 heterocycles. The second-order valence-electron chi connectivity index (χ2n) is 7.27. The zero-order valence-electron chi connectivity index (χ0n) is 17.9. The van der Waals surface area contributed by atoms with E-state index in [1.807, 2.05) is 31.2 Å². The Morgan fingerprint density at radius 3 is 2.22 bits per heavy atom. The molecule has 0 saturated heterocycles. The zero-order chi connectivity index (χ0) is 23.1. The van der Waals surface area contributed by atoms with E-state index in [0.717, 1.165) is 22.1 Å². The van der Waals surface area contributed by atoms with Gasteiger partial charge >= 0.3 is 0 Å². The van der Waals surface area contributed by atoms with Crippen molar-refractivity contribution in [2.75, 3.05) is 23.7 Å². The minimum absolute atomic E-state index is 0.187. The van der Waals surface area contributed by atoms with E-state index >= 15 is 0 Å². The highest BCUT2D eigenvalue weighted by molar-refractivity contribution is 7.98. The normalized spacial score (nSPS) is 11.2. The van der Waals surface area contributed by atoms with Crippen molar-refractivity contribution in [1.82, 2.24) is 5.32 Å². The first-order valence-corrected chi connectivity index (χ1v) is 13.0. The summed E-state index contributed by atoms with van der Waals surface area (Å²) in [5.74, 6) is 1.45. The highest BCUT2D eigenvalue weighted by Gasteiger charge is 2.21. The third-order valence-electron chi connectivity index (χ3n) is 4.89. The molecule has 3 aromatic rings. The number of sulfonamides is 1. The first-order chi connectivity index (χ1) is 15.3. The number of halogens is 1. The molecule has 0 aromatic heterocycles. The number of carbonyl (C=O) groups is 1. The summed E-state index contributed by atoms with van der Waals surface area (Å²) in [4.78, 5) is 12.6. The number of hydrogen-bond donors (Lipinski definition) is 1. The van der Waals surface area contributed by atoms with Gasteiger partial charge in [0.05, 0.1) is 10.6 Å². The highest BCUT2D eigenvalue weighted by Crippen LogP contribution is 2.23. The standard InChI is InChI=1S/C24H25ClN2O3S2/c1-18-3-13-23(14-4-18)32(29,30)27(2)22-11-7-20(8-12-22)24(28)26-15-16-31-17-19-5-9-21(25)10-6-19/h3-14H,15-17H2,1-2H3,(H,26,28). The summed E-state index contributed by atoms with van der Waals surface area (Å²) in [5.41, 5.74) is 3.15. The summed E-state index contributed by atoms with van der Waals surface area (Å²) in [5, 5.41) is 3.61. The summed E-state index contributed by atoms with van der Waals surface area (Å²) >= 11 is 7.61. The van der Waals surface area contributed by atoms with Gasteiger partial charge in [0.15, 0.2) is 0 Å². The zero-order valence-corrected chi connectivity index (χ0v) is 20.3. The smallest absolute Gasteiger partial charge is 0.264 e. The maximum absolute atomic E-state index is 12.8. The molecular formula is C24H25ClN2O3S2. The fourth-order valence-electron chi connectivity index (χ4n) is 2.94. The van der Waals surface area contributed by atoms with Gasteiger partial charge in [-0.2, -0.15) is 11.8 Å². The highest BCUT2D eigenvalue weighted by atomic mass is 35.5. The minimum Gasteiger partial charge on any atom is -0.351 e. The van der Waals surface area contributed by atoms with Crippen LogP contribution < -0.4 is 9.62 Å². The molecule has 0 spiro atoms. The lowest BCUT2D eigenvalue weighted by atomic mass is 10.2. The number of benzene rings is 3. The molecule has 0 bridgehead atoms. The number of anilines is 1. The second-order valence-corrected chi connectivity index (χ2v) is 10.8. The molecule has 0 unspecified atom stereocenters. The number of hydrogen-bond acceptors (Lipinski definition) is 4. The van der Waals surface area contributed by atoms with Gasteiger partial charge in [-0.05, 0) is 61.0 Å². The largest absolute Gasteiger partial charge is 0.351 e. The molecule has 0 aliphatic carbocycles. The molecule has 0 saturated carbocycles. The molecule has 1 N–H and O–H groups in total. The molecule has 0 fully saturated rings. The topological polar surface area (TPSA) is 66.5 Å². The summed E-state index contributed by atoms with van der Waals surface area (Å²) in [6.45, 7) is 2.45. The van der Waals surface area contributed by atoms with Gasteiger partial charge in [0, 0.05) is 35.7 Å². The van der Waals surface area contributed by atoms with E-state index < -0.39 is 10.0 Å². The van der Waals surface area contributed by atoms with Crippen LogP contribution in [0.15, 0.2) is 77.7 Å². The summed E-state index contributed by atoms with van der Waals surface area (Å²) < 4.78 is 26.9. The van der Waals surface area contributed by atoms with Crippen molar-refractivity contribution in [2.45, 2.75) is 17.6 Å². The molecule has 1 amide bonds. The Morgan fingerprint density at radius 1 is 0.969 bits per heavy atom. The molecule has 0 atom stereocenters. The van der Waals surface area contributed by atoms with E-state index in [9.17, 15) is 13.2 Å². The summed E-state index contributed by atoms with van der Waals surface area (Å²) in [6.07, 6.45) is 0. The van der Waals surface area contributed by atoms with Crippen molar-refractivity contribution in [3.8, 4) is 0 Å². The molecule has 32 heavy (non-hydrogen) atoms.